The average Bonchev–Trinajstić information content (AvgIpc) is 3.32. The van der Waals surface area contributed by atoms with Gasteiger partial charge in [-0.25, -0.2) is 4.68 Å². The van der Waals surface area contributed by atoms with Crippen LogP contribution in [0, 0.1) is 5.92 Å². The van der Waals surface area contributed by atoms with Crippen LogP contribution in [0.3, 0.4) is 0 Å². The molecule has 4 aromatic rings. The third-order valence-electron chi connectivity index (χ3n) is 9.25. The van der Waals surface area contributed by atoms with Crippen LogP contribution in [0.5, 0.6) is 0 Å². The lowest BCUT2D eigenvalue weighted by Gasteiger charge is -2.37. The van der Waals surface area contributed by atoms with Gasteiger partial charge >= 0.3 is 0 Å². The maximum Gasteiger partial charge on any atom is 0.138 e. The second-order valence-electron chi connectivity index (χ2n) is 12.4. The van der Waals surface area contributed by atoms with Crippen LogP contribution in [0.25, 0.3) is 17.7 Å². The Morgan fingerprint density at radius 3 is 2.12 bits per heavy atom. The maximum absolute atomic E-state index is 11.4. The number of aromatic nitrogens is 2. The van der Waals surface area contributed by atoms with Gasteiger partial charge in [0.25, 0.3) is 0 Å². The van der Waals surface area contributed by atoms with Gasteiger partial charge in [0.2, 0.25) is 0 Å². The molecule has 2 unspecified atom stereocenters. The summed E-state index contributed by atoms with van der Waals surface area (Å²) in [6.07, 6.45) is 21.2. The first kappa shape index (κ1) is 36.7. The molecule has 2 atom stereocenters. The summed E-state index contributed by atoms with van der Waals surface area (Å²) in [6.45, 7) is 13.3. The Hall–Kier alpha value is -5.56. The minimum atomic E-state index is -0.841. The van der Waals surface area contributed by atoms with Crippen molar-refractivity contribution in [3.05, 3.63) is 193 Å². The van der Waals surface area contributed by atoms with Gasteiger partial charge in [-0.15, -0.1) is 0 Å². The van der Waals surface area contributed by atoms with Crippen LogP contribution >= 0.6 is 0 Å². The molecule has 0 saturated carbocycles. The molecule has 1 aromatic heterocycles. The van der Waals surface area contributed by atoms with E-state index in [1.807, 2.05) is 74.1 Å². The molecule has 3 N–H and O–H groups in total. The van der Waals surface area contributed by atoms with Gasteiger partial charge in [-0.05, 0) is 73.0 Å². The fraction of sp³-hybridized carbons (Fsp3) is 0.200. The molecule has 6 nitrogen and oxygen atoms in total. The lowest BCUT2D eigenvalue weighted by Crippen LogP contribution is -2.39. The summed E-state index contributed by atoms with van der Waals surface area (Å²) >= 11 is 0. The number of allylic oxidation sites excluding steroid dienone is 7. The fourth-order valence-electron chi connectivity index (χ4n) is 6.80. The van der Waals surface area contributed by atoms with E-state index in [0.717, 1.165) is 64.1 Å². The van der Waals surface area contributed by atoms with E-state index in [2.05, 4.69) is 119 Å². The minimum absolute atomic E-state index is 0.0129. The minimum Gasteiger partial charge on any atom is -0.373 e. The van der Waals surface area contributed by atoms with Crippen molar-refractivity contribution < 1.29 is 5.11 Å². The zero-order valence-electron chi connectivity index (χ0n) is 29.5. The normalized spacial score (nSPS) is 14.5. The second kappa shape index (κ2) is 18.4. The summed E-state index contributed by atoms with van der Waals surface area (Å²) in [5.74, 6) is -0.0129. The van der Waals surface area contributed by atoms with Crippen LogP contribution in [-0.4, -0.2) is 47.5 Å². The Balaban J connectivity index is 1.64. The molecule has 260 valence electrons. The van der Waals surface area contributed by atoms with Gasteiger partial charge in [-0.3, -0.25) is 4.99 Å². The SMILES string of the molecule is C=C/C=C(\C=C)CCCC(CNC)C(O)N/C=C/c1c(C2=CC=NCC=C2)nn(C(c2ccccc2)(c2ccccc2)c2ccccc2)c1C=C. The van der Waals surface area contributed by atoms with Gasteiger partial charge in [-0.1, -0.05) is 141 Å². The number of nitrogens with one attached hydrogen (secondary N) is 2. The molecule has 0 aliphatic carbocycles. The first-order valence-corrected chi connectivity index (χ1v) is 17.6. The molecule has 0 saturated heterocycles. The summed E-state index contributed by atoms with van der Waals surface area (Å²) in [5, 5.41) is 23.4. The lowest BCUT2D eigenvalue weighted by molar-refractivity contribution is 0.0829. The van der Waals surface area contributed by atoms with Crippen molar-refractivity contribution in [2.24, 2.45) is 10.9 Å². The van der Waals surface area contributed by atoms with Crippen LogP contribution in [0.1, 0.15) is 52.9 Å². The molecule has 1 aliphatic rings. The number of nitrogens with zero attached hydrogens (tertiary/aromatic N) is 3. The fourth-order valence-corrected chi connectivity index (χ4v) is 6.80. The molecule has 0 bridgehead atoms. The largest absolute Gasteiger partial charge is 0.373 e. The van der Waals surface area contributed by atoms with Crippen molar-refractivity contribution in [3.63, 3.8) is 0 Å². The summed E-state index contributed by atoms with van der Waals surface area (Å²) in [6, 6.07) is 31.5. The number of benzene rings is 3. The van der Waals surface area contributed by atoms with Crippen LogP contribution in [-0.2, 0) is 5.54 Å². The molecule has 3 aromatic carbocycles. The Morgan fingerprint density at radius 1 is 0.941 bits per heavy atom. The molecule has 6 heteroatoms. The van der Waals surface area contributed by atoms with Crippen molar-refractivity contribution in [2.75, 3.05) is 20.1 Å². The standard InChI is InChI=1S/C45H49N5O/c1-5-19-35(6-2)20-17-21-37(34-46-4)44(51)48-33-30-41-42(7-3)50(49-43(41)36-22-18-31-47-32-29-36)45(38-23-11-8-12-24-38,39-25-13-9-14-26-39)40-27-15-10-16-28-40/h5-16,18-19,22-30,32-33,37,44,46,48,51H,1-3,17,20-21,31,34H2,4H3/b33-30+,35-19+. The van der Waals surface area contributed by atoms with Crippen molar-refractivity contribution >= 4 is 23.9 Å². The summed E-state index contributed by atoms with van der Waals surface area (Å²) < 4.78 is 2.11. The van der Waals surface area contributed by atoms with E-state index in [9.17, 15) is 5.11 Å². The Kier molecular flexibility index (Phi) is 13.3. The van der Waals surface area contributed by atoms with E-state index in [0.29, 0.717) is 13.1 Å². The average molecular weight is 676 g/mol. The highest BCUT2D eigenvalue weighted by atomic mass is 16.3. The van der Waals surface area contributed by atoms with Gasteiger partial charge in [-0.2, -0.15) is 5.10 Å². The molecule has 0 amide bonds. The van der Waals surface area contributed by atoms with Crippen LogP contribution in [0.4, 0.5) is 0 Å². The molecule has 0 fully saturated rings. The predicted octanol–water partition coefficient (Wildman–Crippen LogP) is 8.57. The van der Waals surface area contributed by atoms with E-state index in [4.69, 9.17) is 5.10 Å². The van der Waals surface area contributed by atoms with Crippen LogP contribution in [0.15, 0.2) is 164 Å². The van der Waals surface area contributed by atoms with Gasteiger partial charge in [0.05, 0.1) is 12.2 Å². The van der Waals surface area contributed by atoms with Crippen LogP contribution < -0.4 is 10.6 Å². The number of aliphatic hydroxyl groups excluding tert-OH is 1. The summed E-state index contributed by atoms with van der Waals surface area (Å²) in [5.41, 5.74) is 6.91. The van der Waals surface area contributed by atoms with E-state index in [1.54, 1.807) is 6.08 Å². The highest BCUT2D eigenvalue weighted by Crippen LogP contribution is 2.43. The maximum atomic E-state index is 11.4. The number of aliphatic hydroxyl groups is 1. The van der Waals surface area contributed by atoms with Crippen LogP contribution in [0.2, 0.25) is 0 Å². The quantitative estimate of drug-likeness (QED) is 0.0561. The lowest BCUT2D eigenvalue weighted by atomic mass is 9.77. The van der Waals surface area contributed by atoms with Crippen molar-refractivity contribution in [1.82, 2.24) is 20.4 Å². The molecular formula is C45H49N5O. The van der Waals surface area contributed by atoms with Gasteiger partial charge in [0.1, 0.15) is 17.5 Å². The monoisotopic (exact) mass is 675 g/mol. The Morgan fingerprint density at radius 2 is 1.57 bits per heavy atom. The van der Waals surface area contributed by atoms with Gasteiger partial charge < -0.3 is 15.7 Å². The van der Waals surface area contributed by atoms with E-state index in [1.165, 1.54) is 0 Å². The molecule has 51 heavy (non-hydrogen) atoms. The zero-order chi connectivity index (χ0) is 35.9. The molecule has 2 heterocycles. The highest BCUT2D eigenvalue weighted by molar-refractivity contribution is 5.91. The third kappa shape index (κ3) is 8.43. The number of aliphatic imine (C=N–C) groups is 1. The van der Waals surface area contributed by atoms with E-state index >= 15 is 0 Å². The number of hydrogen-bond donors (Lipinski definition) is 3. The molecular weight excluding hydrogens is 627 g/mol. The topological polar surface area (TPSA) is 74.5 Å². The smallest absolute Gasteiger partial charge is 0.138 e. The Bertz CT molecular complexity index is 1800. The van der Waals surface area contributed by atoms with Crippen molar-refractivity contribution in [1.29, 1.82) is 0 Å². The first-order chi connectivity index (χ1) is 25.1. The van der Waals surface area contributed by atoms with E-state index in [-0.39, 0.29) is 5.92 Å². The third-order valence-corrected chi connectivity index (χ3v) is 9.25. The first-order valence-electron chi connectivity index (χ1n) is 17.6. The summed E-state index contributed by atoms with van der Waals surface area (Å²) in [4.78, 5) is 4.46. The predicted molar refractivity (Wildman–Crippen MR) is 215 cm³/mol. The molecule has 5 rings (SSSR count). The highest BCUT2D eigenvalue weighted by Gasteiger charge is 2.41. The van der Waals surface area contributed by atoms with Crippen molar-refractivity contribution in [3.8, 4) is 0 Å². The summed E-state index contributed by atoms with van der Waals surface area (Å²) in [7, 11) is 1.91. The van der Waals surface area contributed by atoms with Gasteiger partial charge in [0.15, 0.2) is 0 Å². The zero-order valence-corrected chi connectivity index (χ0v) is 29.5. The van der Waals surface area contributed by atoms with Crippen molar-refractivity contribution in [2.45, 2.75) is 31.0 Å². The van der Waals surface area contributed by atoms with Gasteiger partial charge in [0, 0.05) is 29.8 Å². The number of rotatable bonds is 18. The molecule has 0 radical (unpaired) electrons. The van der Waals surface area contributed by atoms with E-state index < -0.39 is 11.8 Å². The molecule has 1 aliphatic heterocycles. The Labute approximate surface area is 303 Å². The number of hydrogen-bond acceptors (Lipinski definition) is 5. The second-order valence-corrected chi connectivity index (χ2v) is 12.4. The molecule has 0 spiro atoms.